The number of thiophene rings is 1. The molecule has 0 aromatic carbocycles. The summed E-state index contributed by atoms with van der Waals surface area (Å²) in [6, 6.07) is 1.63. The van der Waals surface area contributed by atoms with Crippen molar-refractivity contribution in [2.24, 2.45) is 7.05 Å². The highest BCUT2D eigenvalue weighted by molar-refractivity contribution is 7.89. The van der Waals surface area contributed by atoms with Crippen molar-refractivity contribution in [1.29, 1.82) is 0 Å². The zero-order chi connectivity index (χ0) is 16.8. The minimum Gasteiger partial charge on any atom is -0.388 e. The van der Waals surface area contributed by atoms with Gasteiger partial charge in [-0.15, -0.1) is 21.5 Å². The van der Waals surface area contributed by atoms with Crippen molar-refractivity contribution >= 4 is 21.4 Å². The van der Waals surface area contributed by atoms with Crippen LogP contribution in [0.2, 0.25) is 0 Å². The van der Waals surface area contributed by atoms with E-state index in [1.165, 1.54) is 11.3 Å². The summed E-state index contributed by atoms with van der Waals surface area (Å²) >= 11 is 1.49. The molecule has 126 valence electrons. The Morgan fingerprint density at radius 1 is 1.39 bits per heavy atom. The SMILES string of the molecule is Cc1cc(S(=O)(=O)NC2CC(c3nnc(CO)n3C)C2)c(C)s1. The average Bonchev–Trinajstić information content (AvgIpc) is 2.96. The molecule has 7 nitrogen and oxygen atoms in total. The molecule has 0 atom stereocenters. The lowest BCUT2D eigenvalue weighted by Crippen LogP contribution is -2.43. The maximum atomic E-state index is 12.5. The molecule has 0 bridgehead atoms. The highest BCUT2D eigenvalue weighted by atomic mass is 32.2. The van der Waals surface area contributed by atoms with E-state index in [9.17, 15) is 8.42 Å². The second kappa shape index (κ2) is 5.97. The zero-order valence-corrected chi connectivity index (χ0v) is 14.9. The molecule has 1 aliphatic rings. The molecule has 1 saturated carbocycles. The van der Waals surface area contributed by atoms with Gasteiger partial charge in [0.1, 0.15) is 12.4 Å². The number of aliphatic hydroxyl groups excluding tert-OH is 1. The van der Waals surface area contributed by atoms with Crippen LogP contribution in [-0.2, 0) is 23.7 Å². The summed E-state index contributed by atoms with van der Waals surface area (Å²) in [7, 11) is -1.65. The van der Waals surface area contributed by atoms with Crippen LogP contribution in [0.15, 0.2) is 11.0 Å². The molecule has 2 aromatic rings. The summed E-state index contributed by atoms with van der Waals surface area (Å²) < 4.78 is 29.5. The molecule has 0 amide bonds. The van der Waals surface area contributed by atoms with Gasteiger partial charge in [0, 0.05) is 28.8 Å². The smallest absolute Gasteiger partial charge is 0.241 e. The number of sulfonamides is 1. The zero-order valence-electron chi connectivity index (χ0n) is 13.3. The predicted molar refractivity (Wildman–Crippen MR) is 86.8 cm³/mol. The number of aromatic nitrogens is 3. The Morgan fingerprint density at radius 2 is 2.09 bits per heavy atom. The van der Waals surface area contributed by atoms with Crippen LogP contribution in [-0.4, -0.2) is 34.3 Å². The van der Waals surface area contributed by atoms with E-state index in [1.807, 2.05) is 20.9 Å². The Kier molecular flexibility index (Phi) is 4.30. The molecule has 0 spiro atoms. The van der Waals surface area contributed by atoms with Crippen LogP contribution < -0.4 is 4.72 Å². The molecule has 2 N–H and O–H groups in total. The third-order valence-corrected chi connectivity index (χ3v) is 6.99. The largest absolute Gasteiger partial charge is 0.388 e. The molecule has 9 heteroatoms. The standard InChI is InChI=1S/C14H20N4O3S2/c1-8-4-12(9(2)22-8)23(20,21)17-11-5-10(6-11)14-16-15-13(7-19)18(14)3/h4,10-11,17,19H,5-7H2,1-3H3. The van der Waals surface area contributed by atoms with E-state index in [2.05, 4.69) is 14.9 Å². The number of aliphatic hydroxyl groups is 1. The van der Waals surface area contributed by atoms with Gasteiger partial charge in [0.05, 0.1) is 4.90 Å². The monoisotopic (exact) mass is 356 g/mol. The van der Waals surface area contributed by atoms with E-state index in [0.29, 0.717) is 23.6 Å². The van der Waals surface area contributed by atoms with Crippen LogP contribution in [0.5, 0.6) is 0 Å². The Balaban J connectivity index is 1.66. The van der Waals surface area contributed by atoms with E-state index in [-0.39, 0.29) is 18.6 Å². The van der Waals surface area contributed by atoms with Gasteiger partial charge >= 0.3 is 0 Å². The molecular weight excluding hydrogens is 336 g/mol. The highest BCUT2D eigenvalue weighted by Gasteiger charge is 2.37. The minimum atomic E-state index is -3.47. The summed E-state index contributed by atoms with van der Waals surface area (Å²) in [5.41, 5.74) is 0. The quantitative estimate of drug-likeness (QED) is 0.839. The van der Waals surface area contributed by atoms with Gasteiger partial charge < -0.3 is 9.67 Å². The fourth-order valence-electron chi connectivity index (χ4n) is 2.95. The molecule has 2 aromatic heterocycles. The third kappa shape index (κ3) is 3.06. The van der Waals surface area contributed by atoms with E-state index in [4.69, 9.17) is 5.11 Å². The Bertz CT molecular complexity index is 819. The molecule has 2 heterocycles. The molecule has 3 rings (SSSR count). The number of nitrogens with one attached hydrogen (secondary N) is 1. The van der Waals surface area contributed by atoms with E-state index in [0.717, 1.165) is 15.6 Å². The van der Waals surface area contributed by atoms with Crippen LogP contribution in [0, 0.1) is 13.8 Å². The second-order valence-corrected chi connectivity index (χ2v) is 9.10. The Labute approximate surface area is 139 Å². The molecule has 23 heavy (non-hydrogen) atoms. The van der Waals surface area contributed by atoms with Crippen molar-refractivity contribution in [3.63, 3.8) is 0 Å². The Hall–Kier alpha value is -1.29. The number of nitrogens with zero attached hydrogens (tertiary/aromatic N) is 3. The van der Waals surface area contributed by atoms with Crippen molar-refractivity contribution in [3.8, 4) is 0 Å². The lowest BCUT2D eigenvalue weighted by Gasteiger charge is -2.34. The van der Waals surface area contributed by atoms with Crippen molar-refractivity contribution in [3.05, 3.63) is 27.5 Å². The molecule has 0 unspecified atom stereocenters. The minimum absolute atomic E-state index is 0.0844. The van der Waals surface area contributed by atoms with Gasteiger partial charge in [-0.2, -0.15) is 0 Å². The van der Waals surface area contributed by atoms with Crippen molar-refractivity contribution in [1.82, 2.24) is 19.5 Å². The van der Waals surface area contributed by atoms with Gasteiger partial charge in [-0.1, -0.05) is 0 Å². The fourth-order valence-corrected chi connectivity index (χ4v) is 5.77. The first kappa shape index (κ1) is 16.6. The number of rotatable bonds is 5. The van der Waals surface area contributed by atoms with Crippen molar-refractivity contribution < 1.29 is 13.5 Å². The van der Waals surface area contributed by atoms with Gasteiger partial charge in [-0.3, -0.25) is 0 Å². The van der Waals surface area contributed by atoms with Gasteiger partial charge in [-0.25, -0.2) is 13.1 Å². The van der Waals surface area contributed by atoms with Crippen LogP contribution in [0.3, 0.4) is 0 Å². The molecule has 0 radical (unpaired) electrons. The van der Waals surface area contributed by atoms with Gasteiger partial charge in [0.25, 0.3) is 0 Å². The summed E-state index contributed by atoms with van der Waals surface area (Å²) in [5, 5.41) is 17.2. The van der Waals surface area contributed by atoms with Crippen LogP contribution >= 0.6 is 11.3 Å². The molecule has 1 fully saturated rings. The molecular formula is C14H20N4O3S2. The number of hydrogen-bond donors (Lipinski definition) is 2. The summed E-state index contributed by atoms with van der Waals surface area (Å²) in [4.78, 5) is 2.18. The first-order valence-corrected chi connectivity index (χ1v) is 9.70. The van der Waals surface area contributed by atoms with E-state index < -0.39 is 10.0 Å². The third-order valence-electron chi connectivity index (χ3n) is 4.25. The summed E-state index contributed by atoms with van der Waals surface area (Å²) in [5.74, 6) is 1.49. The fraction of sp³-hybridized carbons (Fsp3) is 0.571. The first-order chi connectivity index (χ1) is 10.8. The van der Waals surface area contributed by atoms with E-state index >= 15 is 0 Å². The van der Waals surface area contributed by atoms with Crippen LogP contribution in [0.1, 0.15) is 40.2 Å². The molecule has 0 saturated heterocycles. The van der Waals surface area contributed by atoms with Crippen LogP contribution in [0.4, 0.5) is 0 Å². The Morgan fingerprint density at radius 3 is 2.61 bits per heavy atom. The van der Waals surface area contributed by atoms with Gasteiger partial charge in [0.15, 0.2) is 5.82 Å². The van der Waals surface area contributed by atoms with Crippen molar-refractivity contribution in [2.75, 3.05) is 0 Å². The second-order valence-electron chi connectivity index (χ2n) is 5.96. The van der Waals surface area contributed by atoms with Crippen molar-refractivity contribution in [2.45, 2.75) is 50.2 Å². The normalized spacial score (nSPS) is 21.4. The highest BCUT2D eigenvalue weighted by Crippen LogP contribution is 2.37. The molecule has 0 aliphatic heterocycles. The lowest BCUT2D eigenvalue weighted by atomic mass is 9.80. The van der Waals surface area contributed by atoms with Gasteiger partial charge in [0.2, 0.25) is 10.0 Å². The molecule has 1 aliphatic carbocycles. The lowest BCUT2D eigenvalue weighted by molar-refractivity contribution is 0.264. The maximum Gasteiger partial charge on any atom is 0.241 e. The maximum absolute atomic E-state index is 12.5. The van der Waals surface area contributed by atoms with E-state index in [1.54, 1.807) is 10.6 Å². The summed E-state index contributed by atoms with van der Waals surface area (Å²) in [6.45, 7) is 3.58. The topological polar surface area (TPSA) is 97.1 Å². The summed E-state index contributed by atoms with van der Waals surface area (Å²) in [6.07, 6.45) is 1.39. The van der Waals surface area contributed by atoms with Gasteiger partial charge in [-0.05, 0) is 32.8 Å². The first-order valence-electron chi connectivity index (χ1n) is 7.40. The average molecular weight is 356 g/mol. The van der Waals surface area contributed by atoms with Crippen LogP contribution in [0.25, 0.3) is 0 Å². The predicted octanol–water partition coefficient (Wildman–Crippen LogP) is 1.21. The number of aryl methyl sites for hydroxylation is 2. The number of hydrogen-bond acceptors (Lipinski definition) is 6.